The molecular formula is C19H15ClN4O4S. The van der Waals surface area contributed by atoms with E-state index in [1.54, 1.807) is 24.3 Å². The number of halogens is 1. The number of fused-ring (bicyclic) bond motifs is 1. The van der Waals surface area contributed by atoms with Gasteiger partial charge in [0.15, 0.2) is 6.10 Å². The summed E-state index contributed by atoms with van der Waals surface area (Å²) in [6, 6.07) is 12.5. The van der Waals surface area contributed by atoms with Crippen LogP contribution in [-0.2, 0) is 21.2 Å². The van der Waals surface area contributed by atoms with Crippen LogP contribution < -0.4 is 14.8 Å². The first-order valence-corrected chi connectivity index (χ1v) is 10.4. The van der Waals surface area contributed by atoms with E-state index in [0.29, 0.717) is 22.9 Å². The van der Waals surface area contributed by atoms with Gasteiger partial charge in [-0.1, -0.05) is 11.6 Å². The van der Waals surface area contributed by atoms with Crippen molar-refractivity contribution < 1.29 is 17.9 Å². The second-order valence-corrected chi connectivity index (χ2v) is 8.37. The van der Waals surface area contributed by atoms with Gasteiger partial charge in [0.1, 0.15) is 5.75 Å². The number of sulfonamides is 1. The van der Waals surface area contributed by atoms with Gasteiger partial charge >= 0.3 is 0 Å². The highest BCUT2D eigenvalue weighted by molar-refractivity contribution is 7.92. The molecule has 0 aliphatic carbocycles. The SMILES string of the molecule is O=C(Nc1ccc(S(=O)(=O)Nc2ncccn2)cc1)C1Cc2cc(Cl)ccc2O1. The number of rotatable bonds is 5. The number of anilines is 2. The maximum atomic E-state index is 12.5. The molecule has 0 spiro atoms. The molecule has 0 saturated carbocycles. The second kappa shape index (κ2) is 7.69. The molecule has 10 heteroatoms. The number of benzene rings is 2. The summed E-state index contributed by atoms with van der Waals surface area (Å²) >= 11 is 5.96. The summed E-state index contributed by atoms with van der Waals surface area (Å²) in [5, 5.41) is 3.31. The van der Waals surface area contributed by atoms with Gasteiger partial charge in [-0.2, -0.15) is 0 Å². The molecule has 0 saturated heterocycles. The van der Waals surface area contributed by atoms with Crippen molar-refractivity contribution in [1.29, 1.82) is 0 Å². The lowest BCUT2D eigenvalue weighted by Gasteiger charge is -2.12. The number of aromatic nitrogens is 2. The summed E-state index contributed by atoms with van der Waals surface area (Å²) < 4.78 is 32.7. The van der Waals surface area contributed by atoms with Crippen LogP contribution in [0.1, 0.15) is 5.56 Å². The summed E-state index contributed by atoms with van der Waals surface area (Å²) in [7, 11) is -3.84. The highest BCUT2D eigenvalue weighted by atomic mass is 35.5. The topological polar surface area (TPSA) is 110 Å². The summed E-state index contributed by atoms with van der Waals surface area (Å²) in [4.78, 5) is 20.2. The normalized spacial score (nSPS) is 15.3. The molecule has 3 aromatic rings. The Morgan fingerprint density at radius 3 is 2.55 bits per heavy atom. The van der Waals surface area contributed by atoms with Crippen molar-refractivity contribution in [2.75, 3.05) is 10.0 Å². The van der Waals surface area contributed by atoms with Crippen molar-refractivity contribution in [3.63, 3.8) is 0 Å². The minimum absolute atomic E-state index is 0.0158. The molecule has 1 unspecified atom stereocenters. The predicted octanol–water partition coefficient (Wildman–Crippen LogP) is 2.87. The summed E-state index contributed by atoms with van der Waals surface area (Å²) in [6.07, 6.45) is 2.60. The van der Waals surface area contributed by atoms with E-state index in [-0.39, 0.29) is 16.8 Å². The van der Waals surface area contributed by atoms with Gasteiger partial charge in [-0.05, 0) is 54.1 Å². The molecule has 1 aliphatic heterocycles. The number of amides is 1. The molecule has 2 N–H and O–H groups in total. The van der Waals surface area contributed by atoms with Gasteiger partial charge < -0.3 is 10.1 Å². The Morgan fingerprint density at radius 2 is 1.83 bits per heavy atom. The van der Waals surface area contributed by atoms with Crippen molar-refractivity contribution in [3.8, 4) is 5.75 Å². The van der Waals surface area contributed by atoms with Crippen LogP contribution in [0.2, 0.25) is 5.02 Å². The number of nitrogens with one attached hydrogen (secondary N) is 2. The first kappa shape index (κ1) is 19.2. The number of carbonyl (C=O) groups is 1. The number of carbonyl (C=O) groups excluding carboxylic acids is 1. The molecule has 1 atom stereocenters. The lowest BCUT2D eigenvalue weighted by atomic mass is 10.1. The van der Waals surface area contributed by atoms with Gasteiger partial charge in [0.05, 0.1) is 4.90 Å². The summed E-state index contributed by atoms with van der Waals surface area (Å²) in [5.41, 5.74) is 1.32. The summed E-state index contributed by atoms with van der Waals surface area (Å²) in [6.45, 7) is 0. The van der Waals surface area contributed by atoms with Crippen LogP contribution in [0.5, 0.6) is 5.75 Å². The van der Waals surface area contributed by atoms with Crippen LogP contribution >= 0.6 is 11.6 Å². The third-order valence-electron chi connectivity index (χ3n) is 4.21. The minimum atomic E-state index is -3.84. The second-order valence-electron chi connectivity index (χ2n) is 6.25. The predicted molar refractivity (Wildman–Crippen MR) is 107 cm³/mol. The Bertz CT molecular complexity index is 1150. The smallest absolute Gasteiger partial charge is 0.265 e. The molecule has 1 aromatic heterocycles. The van der Waals surface area contributed by atoms with E-state index < -0.39 is 16.1 Å². The van der Waals surface area contributed by atoms with Crippen molar-refractivity contribution in [2.24, 2.45) is 0 Å². The van der Waals surface area contributed by atoms with Crippen LogP contribution in [0.15, 0.2) is 65.8 Å². The minimum Gasteiger partial charge on any atom is -0.480 e. The third kappa shape index (κ3) is 4.30. The van der Waals surface area contributed by atoms with E-state index in [1.807, 2.05) is 0 Å². The zero-order chi connectivity index (χ0) is 20.4. The molecule has 29 heavy (non-hydrogen) atoms. The van der Waals surface area contributed by atoms with Gasteiger partial charge in [0.25, 0.3) is 15.9 Å². The lowest BCUT2D eigenvalue weighted by Crippen LogP contribution is -2.31. The number of hydrogen-bond acceptors (Lipinski definition) is 6. The molecule has 0 fully saturated rings. The van der Waals surface area contributed by atoms with E-state index >= 15 is 0 Å². The van der Waals surface area contributed by atoms with Gasteiger partial charge in [-0.15, -0.1) is 0 Å². The number of ether oxygens (including phenoxy) is 1. The van der Waals surface area contributed by atoms with E-state index in [0.717, 1.165) is 5.56 Å². The fourth-order valence-electron chi connectivity index (χ4n) is 2.83. The van der Waals surface area contributed by atoms with Crippen molar-refractivity contribution in [1.82, 2.24) is 9.97 Å². The lowest BCUT2D eigenvalue weighted by molar-refractivity contribution is -0.122. The Labute approximate surface area is 172 Å². The molecule has 1 amide bonds. The molecule has 1 aliphatic rings. The van der Waals surface area contributed by atoms with Crippen LogP contribution in [0.4, 0.5) is 11.6 Å². The molecule has 2 aromatic carbocycles. The average Bonchev–Trinajstić information content (AvgIpc) is 3.12. The maximum absolute atomic E-state index is 12.5. The van der Waals surface area contributed by atoms with Crippen LogP contribution in [-0.4, -0.2) is 30.4 Å². The highest BCUT2D eigenvalue weighted by Gasteiger charge is 2.29. The molecule has 0 radical (unpaired) electrons. The summed E-state index contributed by atoms with van der Waals surface area (Å²) in [5.74, 6) is 0.275. The Kier molecular flexibility index (Phi) is 5.08. The van der Waals surface area contributed by atoms with Crippen molar-refractivity contribution in [3.05, 3.63) is 71.5 Å². The monoisotopic (exact) mass is 430 g/mol. The largest absolute Gasteiger partial charge is 0.480 e. The maximum Gasteiger partial charge on any atom is 0.265 e. The van der Waals surface area contributed by atoms with E-state index in [9.17, 15) is 13.2 Å². The van der Waals surface area contributed by atoms with Crippen LogP contribution in [0.25, 0.3) is 0 Å². The van der Waals surface area contributed by atoms with E-state index in [1.165, 1.54) is 36.7 Å². The fraction of sp³-hybridized carbons (Fsp3) is 0.105. The van der Waals surface area contributed by atoms with Crippen LogP contribution in [0, 0.1) is 0 Å². The Morgan fingerprint density at radius 1 is 1.10 bits per heavy atom. The van der Waals surface area contributed by atoms with E-state index in [4.69, 9.17) is 16.3 Å². The molecule has 2 heterocycles. The molecule has 4 rings (SSSR count). The van der Waals surface area contributed by atoms with Crippen molar-refractivity contribution in [2.45, 2.75) is 17.4 Å². The first-order valence-electron chi connectivity index (χ1n) is 8.56. The van der Waals surface area contributed by atoms with Gasteiger partial charge in [0.2, 0.25) is 5.95 Å². The number of nitrogens with zero attached hydrogens (tertiary/aromatic N) is 2. The molecular weight excluding hydrogens is 416 g/mol. The number of hydrogen-bond donors (Lipinski definition) is 2. The van der Waals surface area contributed by atoms with Gasteiger partial charge in [-0.25, -0.2) is 23.1 Å². The van der Waals surface area contributed by atoms with E-state index in [2.05, 4.69) is 20.0 Å². The van der Waals surface area contributed by atoms with Crippen molar-refractivity contribution >= 4 is 39.2 Å². The Balaban J connectivity index is 1.41. The Hall–Kier alpha value is -3.17. The zero-order valence-electron chi connectivity index (χ0n) is 14.9. The highest BCUT2D eigenvalue weighted by Crippen LogP contribution is 2.31. The van der Waals surface area contributed by atoms with Gasteiger partial charge in [0, 0.05) is 29.5 Å². The van der Waals surface area contributed by atoms with Gasteiger partial charge in [-0.3, -0.25) is 4.79 Å². The quantitative estimate of drug-likeness (QED) is 0.644. The average molecular weight is 431 g/mol. The standard InChI is InChI=1S/C19H15ClN4O4S/c20-13-2-7-16-12(10-13)11-17(28-16)18(25)23-14-3-5-15(6-4-14)29(26,27)24-19-21-8-1-9-22-19/h1-10,17H,11H2,(H,23,25)(H,21,22,24). The first-order chi connectivity index (χ1) is 13.9. The molecule has 0 bridgehead atoms. The fourth-order valence-corrected chi connectivity index (χ4v) is 3.99. The third-order valence-corrected chi connectivity index (χ3v) is 5.79. The molecule has 8 nitrogen and oxygen atoms in total. The molecule has 148 valence electrons. The zero-order valence-corrected chi connectivity index (χ0v) is 16.4. The van der Waals surface area contributed by atoms with Crippen LogP contribution in [0.3, 0.4) is 0 Å².